The Morgan fingerprint density at radius 3 is 2.84 bits per heavy atom. The highest BCUT2D eigenvalue weighted by Crippen LogP contribution is 2.42. The van der Waals surface area contributed by atoms with E-state index >= 15 is 0 Å². The standard InChI is InChI=1S/C16H22O3/c1-16(2)10-11-6-5-9-14(15(11)19-16)18-13-8-4-3-7-12(13)17/h5-6,9,12-13,17H,3-4,7-8,10H2,1-2H3/t12-,13-/m0/s1. The highest BCUT2D eigenvalue weighted by molar-refractivity contribution is 5.50. The first kappa shape index (κ1) is 12.8. The highest BCUT2D eigenvalue weighted by atomic mass is 16.5. The van der Waals surface area contributed by atoms with Crippen molar-refractivity contribution < 1.29 is 14.6 Å². The van der Waals surface area contributed by atoms with Gasteiger partial charge in [0.25, 0.3) is 0 Å². The Hall–Kier alpha value is -1.22. The van der Waals surface area contributed by atoms with Crippen molar-refractivity contribution in [3.05, 3.63) is 23.8 Å². The van der Waals surface area contributed by atoms with Crippen LogP contribution in [0.1, 0.15) is 45.1 Å². The lowest BCUT2D eigenvalue weighted by Crippen LogP contribution is -2.34. The van der Waals surface area contributed by atoms with Crippen LogP contribution in [0.4, 0.5) is 0 Å². The summed E-state index contributed by atoms with van der Waals surface area (Å²) in [7, 11) is 0. The van der Waals surface area contributed by atoms with Crippen LogP contribution < -0.4 is 9.47 Å². The van der Waals surface area contributed by atoms with Gasteiger partial charge in [-0.25, -0.2) is 0 Å². The van der Waals surface area contributed by atoms with Crippen LogP contribution in [0, 0.1) is 0 Å². The minimum Gasteiger partial charge on any atom is -0.484 e. The van der Waals surface area contributed by atoms with E-state index in [1.54, 1.807) is 0 Å². The number of benzene rings is 1. The lowest BCUT2D eigenvalue weighted by Gasteiger charge is -2.29. The Bertz CT molecular complexity index is 467. The molecule has 0 bridgehead atoms. The largest absolute Gasteiger partial charge is 0.484 e. The molecule has 1 aliphatic heterocycles. The highest BCUT2D eigenvalue weighted by Gasteiger charge is 2.33. The van der Waals surface area contributed by atoms with Crippen LogP contribution in [0.3, 0.4) is 0 Å². The van der Waals surface area contributed by atoms with Crippen LogP contribution in [0.15, 0.2) is 18.2 Å². The van der Waals surface area contributed by atoms with E-state index < -0.39 is 0 Å². The second kappa shape index (κ2) is 4.71. The first-order valence-corrected chi connectivity index (χ1v) is 7.21. The quantitative estimate of drug-likeness (QED) is 0.890. The molecule has 0 radical (unpaired) electrons. The van der Waals surface area contributed by atoms with Crippen molar-refractivity contribution in [2.75, 3.05) is 0 Å². The van der Waals surface area contributed by atoms with Gasteiger partial charge in [0.15, 0.2) is 11.5 Å². The van der Waals surface area contributed by atoms with E-state index in [1.807, 2.05) is 12.1 Å². The van der Waals surface area contributed by atoms with Gasteiger partial charge in [0.1, 0.15) is 11.7 Å². The molecular weight excluding hydrogens is 240 g/mol. The van der Waals surface area contributed by atoms with Gasteiger partial charge in [-0.1, -0.05) is 18.6 Å². The monoisotopic (exact) mass is 262 g/mol. The third-order valence-electron chi connectivity index (χ3n) is 4.00. The van der Waals surface area contributed by atoms with Crippen LogP contribution in [0.5, 0.6) is 11.5 Å². The summed E-state index contributed by atoms with van der Waals surface area (Å²) >= 11 is 0. The molecule has 19 heavy (non-hydrogen) atoms. The maximum Gasteiger partial charge on any atom is 0.165 e. The summed E-state index contributed by atoms with van der Waals surface area (Å²) in [6.45, 7) is 4.18. The Labute approximate surface area is 114 Å². The van der Waals surface area contributed by atoms with Crippen LogP contribution in [0.2, 0.25) is 0 Å². The summed E-state index contributed by atoms with van der Waals surface area (Å²) in [5, 5.41) is 10.0. The lowest BCUT2D eigenvalue weighted by atomic mass is 9.95. The molecule has 1 N–H and O–H groups in total. The number of para-hydroxylation sites is 1. The van der Waals surface area contributed by atoms with Crippen molar-refractivity contribution in [2.24, 2.45) is 0 Å². The molecule has 2 aliphatic rings. The maximum absolute atomic E-state index is 10.0. The average molecular weight is 262 g/mol. The molecule has 1 aliphatic carbocycles. The maximum atomic E-state index is 10.0. The van der Waals surface area contributed by atoms with Crippen molar-refractivity contribution in [2.45, 2.75) is 63.8 Å². The van der Waals surface area contributed by atoms with Crippen LogP contribution in [-0.2, 0) is 6.42 Å². The van der Waals surface area contributed by atoms with E-state index in [9.17, 15) is 5.11 Å². The third kappa shape index (κ3) is 2.57. The van der Waals surface area contributed by atoms with E-state index in [0.717, 1.165) is 43.6 Å². The van der Waals surface area contributed by atoms with Gasteiger partial charge in [0.05, 0.1) is 6.10 Å². The molecule has 0 aromatic heterocycles. The molecule has 0 saturated heterocycles. The van der Waals surface area contributed by atoms with Crippen molar-refractivity contribution in [3.63, 3.8) is 0 Å². The smallest absolute Gasteiger partial charge is 0.165 e. The predicted molar refractivity (Wildman–Crippen MR) is 73.7 cm³/mol. The summed E-state index contributed by atoms with van der Waals surface area (Å²) in [5.41, 5.74) is 1.04. The zero-order valence-corrected chi connectivity index (χ0v) is 11.7. The molecule has 1 fully saturated rings. The van der Waals surface area contributed by atoms with Crippen molar-refractivity contribution in [1.29, 1.82) is 0 Å². The fourth-order valence-electron chi connectivity index (χ4n) is 3.06. The Balaban J connectivity index is 1.81. The van der Waals surface area contributed by atoms with Gasteiger partial charge in [-0.05, 0) is 39.2 Å². The number of fused-ring (bicyclic) bond motifs is 1. The Morgan fingerprint density at radius 1 is 1.26 bits per heavy atom. The molecule has 1 aromatic carbocycles. The number of rotatable bonds is 2. The Kier molecular flexibility index (Phi) is 3.17. The van der Waals surface area contributed by atoms with E-state index in [2.05, 4.69) is 19.9 Å². The normalized spacial score (nSPS) is 28.6. The van der Waals surface area contributed by atoms with Crippen molar-refractivity contribution in [1.82, 2.24) is 0 Å². The molecule has 104 valence electrons. The second-order valence-electron chi connectivity index (χ2n) is 6.29. The summed E-state index contributed by atoms with van der Waals surface area (Å²) in [5.74, 6) is 1.65. The molecule has 0 spiro atoms. The van der Waals surface area contributed by atoms with Crippen molar-refractivity contribution >= 4 is 0 Å². The van der Waals surface area contributed by atoms with Crippen LogP contribution >= 0.6 is 0 Å². The number of hydrogen-bond donors (Lipinski definition) is 1. The molecule has 3 nitrogen and oxygen atoms in total. The predicted octanol–water partition coefficient (Wildman–Crippen LogP) is 3.08. The molecule has 3 rings (SSSR count). The zero-order valence-electron chi connectivity index (χ0n) is 11.7. The first-order chi connectivity index (χ1) is 9.05. The molecule has 1 saturated carbocycles. The van der Waals surface area contributed by atoms with E-state index in [1.165, 1.54) is 5.56 Å². The lowest BCUT2D eigenvalue weighted by molar-refractivity contribution is 0.00428. The SMILES string of the molecule is CC1(C)Cc2cccc(O[C@H]3CCCC[C@@H]3O)c2O1. The van der Waals surface area contributed by atoms with Gasteiger partial charge in [-0.3, -0.25) is 0 Å². The average Bonchev–Trinajstić information content (AvgIpc) is 2.67. The summed E-state index contributed by atoms with van der Waals surface area (Å²) in [4.78, 5) is 0. The molecular formula is C16H22O3. The van der Waals surface area contributed by atoms with Crippen LogP contribution in [-0.4, -0.2) is 22.9 Å². The number of aliphatic hydroxyl groups is 1. The van der Waals surface area contributed by atoms with Gasteiger partial charge in [-0.2, -0.15) is 0 Å². The summed E-state index contributed by atoms with van der Waals surface area (Å²) in [6, 6.07) is 6.05. The first-order valence-electron chi connectivity index (χ1n) is 7.21. The summed E-state index contributed by atoms with van der Waals surface area (Å²) < 4.78 is 12.0. The second-order valence-corrected chi connectivity index (χ2v) is 6.29. The van der Waals surface area contributed by atoms with Gasteiger partial charge >= 0.3 is 0 Å². The zero-order chi connectivity index (χ0) is 13.5. The topological polar surface area (TPSA) is 38.7 Å². The molecule has 0 unspecified atom stereocenters. The van der Waals surface area contributed by atoms with Gasteiger partial charge < -0.3 is 14.6 Å². The van der Waals surface area contributed by atoms with E-state index in [-0.39, 0.29) is 17.8 Å². The summed E-state index contributed by atoms with van der Waals surface area (Å²) in [6.07, 6.45) is 4.46. The fraction of sp³-hybridized carbons (Fsp3) is 0.625. The van der Waals surface area contributed by atoms with E-state index in [4.69, 9.17) is 9.47 Å². The number of hydrogen-bond acceptors (Lipinski definition) is 3. The molecule has 1 aromatic rings. The minimum absolute atomic E-state index is 0.0902. The van der Waals surface area contributed by atoms with Gasteiger partial charge in [0.2, 0.25) is 0 Å². The molecule has 3 heteroatoms. The van der Waals surface area contributed by atoms with Crippen LogP contribution in [0.25, 0.3) is 0 Å². The molecule has 0 amide bonds. The fourth-order valence-corrected chi connectivity index (χ4v) is 3.06. The minimum atomic E-state index is -0.348. The van der Waals surface area contributed by atoms with E-state index in [0.29, 0.717) is 0 Å². The molecule has 2 atom stereocenters. The third-order valence-corrected chi connectivity index (χ3v) is 4.00. The van der Waals surface area contributed by atoms with Gasteiger partial charge in [-0.15, -0.1) is 0 Å². The molecule has 1 heterocycles. The Morgan fingerprint density at radius 2 is 2.05 bits per heavy atom. The number of ether oxygens (including phenoxy) is 2. The van der Waals surface area contributed by atoms with Gasteiger partial charge in [0, 0.05) is 12.0 Å². The van der Waals surface area contributed by atoms with Crippen molar-refractivity contribution in [3.8, 4) is 11.5 Å². The number of aliphatic hydroxyl groups excluding tert-OH is 1.